The van der Waals surface area contributed by atoms with E-state index in [2.05, 4.69) is 23.7 Å². The molecule has 3 atom stereocenters. The molecule has 0 aromatic carbocycles. The molecule has 126 valence electrons. The third-order valence-corrected chi connectivity index (χ3v) is 5.32. The van der Waals surface area contributed by atoms with E-state index in [9.17, 15) is 4.79 Å². The fourth-order valence-corrected chi connectivity index (χ4v) is 4.13. The molecule has 23 heavy (non-hydrogen) atoms. The van der Waals surface area contributed by atoms with Crippen molar-refractivity contribution >= 4 is 5.91 Å². The molecule has 1 amide bonds. The van der Waals surface area contributed by atoms with Gasteiger partial charge in [-0.2, -0.15) is 0 Å². The highest BCUT2D eigenvalue weighted by atomic mass is 16.5. The van der Waals surface area contributed by atoms with Crippen LogP contribution >= 0.6 is 0 Å². The number of piperidine rings is 1. The van der Waals surface area contributed by atoms with Gasteiger partial charge < -0.3 is 9.64 Å². The van der Waals surface area contributed by atoms with Crippen molar-refractivity contribution in [2.45, 2.75) is 57.7 Å². The Balaban J connectivity index is 1.68. The molecule has 2 aliphatic heterocycles. The van der Waals surface area contributed by atoms with Gasteiger partial charge in [-0.3, -0.25) is 9.69 Å². The van der Waals surface area contributed by atoms with Crippen molar-refractivity contribution in [3.8, 4) is 5.88 Å². The summed E-state index contributed by atoms with van der Waals surface area (Å²) in [6, 6.07) is 5.31. The van der Waals surface area contributed by atoms with Crippen molar-refractivity contribution in [2.24, 2.45) is 0 Å². The van der Waals surface area contributed by atoms with Gasteiger partial charge in [0.2, 0.25) is 5.88 Å². The van der Waals surface area contributed by atoms with Gasteiger partial charge in [-0.15, -0.1) is 0 Å². The van der Waals surface area contributed by atoms with Crippen molar-refractivity contribution in [1.82, 2.24) is 14.8 Å². The van der Waals surface area contributed by atoms with Gasteiger partial charge in [-0.25, -0.2) is 4.98 Å². The Bertz CT molecular complexity index is 536. The normalized spacial score (nSPS) is 28.8. The van der Waals surface area contributed by atoms with Crippen LogP contribution in [0.1, 0.15) is 49.9 Å². The highest BCUT2D eigenvalue weighted by molar-refractivity contribution is 5.94. The van der Waals surface area contributed by atoms with Crippen molar-refractivity contribution < 1.29 is 9.53 Å². The van der Waals surface area contributed by atoms with Gasteiger partial charge in [0, 0.05) is 43.5 Å². The number of nitrogens with zero attached hydrogens (tertiary/aromatic N) is 3. The fraction of sp³-hybridized carbons (Fsp3) is 0.667. The molecule has 0 bridgehead atoms. The molecule has 0 spiro atoms. The summed E-state index contributed by atoms with van der Waals surface area (Å²) in [4.78, 5) is 21.5. The second kappa shape index (κ2) is 6.87. The molecule has 2 fully saturated rings. The third kappa shape index (κ3) is 3.34. The maximum absolute atomic E-state index is 12.7. The van der Waals surface area contributed by atoms with Gasteiger partial charge in [0.25, 0.3) is 5.91 Å². The monoisotopic (exact) mass is 317 g/mol. The molecule has 5 nitrogen and oxygen atoms in total. The Kier molecular flexibility index (Phi) is 4.85. The van der Waals surface area contributed by atoms with E-state index in [4.69, 9.17) is 4.74 Å². The number of ether oxygens (including phenoxy) is 1. The van der Waals surface area contributed by atoms with E-state index in [0.717, 1.165) is 19.5 Å². The number of pyridine rings is 1. The summed E-state index contributed by atoms with van der Waals surface area (Å²) in [5.74, 6) is 0.627. The summed E-state index contributed by atoms with van der Waals surface area (Å²) in [7, 11) is 1.58. The molecular weight excluding hydrogens is 290 g/mol. The summed E-state index contributed by atoms with van der Waals surface area (Å²) in [5.41, 5.74) is 0.647. The predicted octanol–water partition coefficient (Wildman–Crippen LogP) is 2.57. The predicted molar refractivity (Wildman–Crippen MR) is 89.7 cm³/mol. The highest BCUT2D eigenvalue weighted by Gasteiger charge is 2.36. The summed E-state index contributed by atoms with van der Waals surface area (Å²) >= 11 is 0. The van der Waals surface area contributed by atoms with E-state index in [1.54, 1.807) is 25.4 Å². The Morgan fingerprint density at radius 1 is 1.22 bits per heavy atom. The molecule has 1 aromatic rings. The molecule has 0 aliphatic carbocycles. The number of hydrogen-bond acceptors (Lipinski definition) is 4. The number of methoxy groups -OCH3 is 1. The molecule has 0 radical (unpaired) electrons. The zero-order valence-electron chi connectivity index (χ0n) is 14.4. The van der Waals surface area contributed by atoms with Crippen LogP contribution in [0.25, 0.3) is 0 Å². The van der Waals surface area contributed by atoms with E-state index >= 15 is 0 Å². The second-order valence-corrected chi connectivity index (χ2v) is 6.86. The van der Waals surface area contributed by atoms with Gasteiger partial charge in [0.05, 0.1) is 12.7 Å². The van der Waals surface area contributed by atoms with Gasteiger partial charge in [-0.1, -0.05) is 0 Å². The molecule has 0 saturated carbocycles. The number of rotatable bonds is 3. The van der Waals surface area contributed by atoms with Crippen LogP contribution < -0.4 is 4.74 Å². The minimum atomic E-state index is 0.0874. The molecule has 3 unspecified atom stereocenters. The quantitative estimate of drug-likeness (QED) is 0.859. The zero-order chi connectivity index (χ0) is 16.4. The van der Waals surface area contributed by atoms with E-state index in [-0.39, 0.29) is 5.91 Å². The van der Waals surface area contributed by atoms with Crippen molar-refractivity contribution in [3.05, 3.63) is 23.9 Å². The average Bonchev–Trinajstić information content (AvgIpc) is 2.93. The van der Waals surface area contributed by atoms with Gasteiger partial charge in [0.15, 0.2) is 0 Å². The number of hydrogen-bond donors (Lipinski definition) is 0. The molecule has 5 heteroatoms. The lowest BCUT2D eigenvalue weighted by Gasteiger charge is -2.41. The van der Waals surface area contributed by atoms with Gasteiger partial charge >= 0.3 is 0 Å². The Morgan fingerprint density at radius 3 is 2.57 bits per heavy atom. The van der Waals surface area contributed by atoms with E-state index < -0.39 is 0 Å². The highest BCUT2D eigenvalue weighted by Crippen LogP contribution is 2.30. The van der Waals surface area contributed by atoms with Crippen molar-refractivity contribution in [3.63, 3.8) is 0 Å². The topological polar surface area (TPSA) is 45.7 Å². The molecule has 2 aliphatic rings. The fourth-order valence-electron chi connectivity index (χ4n) is 4.13. The van der Waals surface area contributed by atoms with Crippen LogP contribution in [0.3, 0.4) is 0 Å². The first-order valence-electron chi connectivity index (χ1n) is 8.67. The summed E-state index contributed by atoms with van der Waals surface area (Å²) in [5, 5.41) is 0. The number of carbonyl (C=O) groups excluding carboxylic acids is 1. The first-order valence-corrected chi connectivity index (χ1v) is 8.67. The maximum atomic E-state index is 12.7. The lowest BCUT2D eigenvalue weighted by atomic mass is 10.0. The first kappa shape index (κ1) is 16.2. The largest absolute Gasteiger partial charge is 0.481 e. The van der Waals surface area contributed by atoms with Crippen LogP contribution in [0.2, 0.25) is 0 Å². The molecule has 2 saturated heterocycles. The van der Waals surface area contributed by atoms with Gasteiger partial charge in [-0.05, 0) is 45.6 Å². The summed E-state index contributed by atoms with van der Waals surface area (Å²) in [6.07, 6.45) is 6.43. The summed E-state index contributed by atoms with van der Waals surface area (Å²) < 4.78 is 5.06. The van der Waals surface area contributed by atoms with Crippen molar-refractivity contribution in [1.29, 1.82) is 0 Å². The summed E-state index contributed by atoms with van der Waals surface area (Å²) in [6.45, 7) is 6.31. The van der Waals surface area contributed by atoms with Crippen LogP contribution in [0.5, 0.6) is 5.88 Å². The standard InChI is InChI=1S/C18H27N3O2/c1-13-6-7-14(2)21(13)16-5-4-10-20(12-16)18(22)15-8-9-17(23-3)19-11-15/h8-9,11,13-14,16H,4-7,10,12H2,1-3H3. The zero-order valence-corrected chi connectivity index (χ0v) is 14.4. The maximum Gasteiger partial charge on any atom is 0.255 e. The van der Waals surface area contributed by atoms with Crippen LogP contribution in [0.15, 0.2) is 18.3 Å². The number of likely N-dealkylation sites (tertiary alicyclic amines) is 2. The smallest absolute Gasteiger partial charge is 0.255 e. The minimum absolute atomic E-state index is 0.0874. The van der Waals surface area contributed by atoms with E-state index in [1.165, 1.54) is 19.3 Å². The molecule has 1 aromatic heterocycles. The lowest BCUT2D eigenvalue weighted by Crippen LogP contribution is -2.52. The van der Waals surface area contributed by atoms with E-state index in [0.29, 0.717) is 29.6 Å². The van der Waals surface area contributed by atoms with Crippen molar-refractivity contribution in [2.75, 3.05) is 20.2 Å². The SMILES string of the molecule is COc1ccc(C(=O)N2CCCC(N3C(C)CCC3C)C2)cn1. The number of amides is 1. The molecule has 3 rings (SSSR count). The molecule has 3 heterocycles. The van der Waals surface area contributed by atoms with Crippen LogP contribution in [-0.2, 0) is 0 Å². The third-order valence-electron chi connectivity index (χ3n) is 5.32. The van der Waals surface area contributed by atoms with Crippen LogP contribution in [0, 0.1) is 0 Å². The molecular formula is C18H27N3O2. The average molecular weight is 317 g/mol. The lowest BCUT2D eigenvalue weighted by molar-refractivity contribution is 0.0486. The minimum Gasteiger partial charge on any atom is -0.481 e. The number of carbonyl (C=O) groups is 1. The van der Waals surface area contributed by atoms with Crippen LogP contribution in [-0.4, -0.2) is 59.0 Å². The Hall–Kier alpha value is -1.62. The molecule has 0 N–H and O–H groups in total. The second-order valence-electron chi connectivity index (χ2n) is 6.86. The van der Waals surface area contributed by atoms with Gasteiger partial charge in [0.1, 0.15) is 0 Å². The number of aromatic nitrogens is 1. The Labute approximate surface area is 138 Å². The van der Waals surface area contributed by atoms with E-state index in [1.807, 2.05) is 4.90 Å². The first-order chi connectivity index (χ1) is 11.1. The Morgan fingerprint density at radius 2 is 1.96 bits per heavy atom. The van der Waals surface area contributed by atoms with Crippen LogP contribution in [0.4, 0.5) is 0 Å².